The fourth-order valence-corrected chi connectivity index (χ4v) is 8.07. The topological polar surface area (TPSA) is 45.0 Å². The fourth-order valence-electron chi connectivity index (χ4n) is 4.56. The first kappa shape index (κ1) is 16.7. The first-order valence-electron chi connectivity index (χ1n) is 8.14. The SMILES string of the molecule is [C-]#[N+][C@@]1(C)C[C@]23C(=O)N(C)[C@](C)(C(=O)N2[C@H]1c1ccc(C)cc1)S3=S. The predicted molar refractivity (Wildman–Crippen MR) is 99.0 cm³/mol. The van der Waals surface area contributed by atoms with Crippen LogP contribution in [0.1, 0.15) is 37.4 Å². The average Bonchev–Trinajstić information content (AvgIpc) is 3.02. The van der Waals surface area contributed by atoms with Gasteiger partial charge in [0.25, 0.3) is 17.4 Å². The highest BCUT2D eigenvalue weighted by atomic mass is 32.8. The van der Waals surface area contributed by atoms with Crippen LogP contribution in [0.25, 0.3) is 4.85 Å². The second kappa shape index (κ2) is 4.68. The van der Waals surface area contributed by atoms with E-state index >= 15 is 0 Å². The lowest BCUT2D eigenvalue weighted by Gasteiger charge is -2.38. The number of piperazine rings is 1. The highest BCUT2D eigenvalue weighted by Gasteiger charge is 2.82. The molecule has 3 heterocycles. The van der Waals surface area contributed by atoms with Crippen LogP contribution in [0.5, 0.6) is 0 Å². The van der Waals surface area contributed by atoms with Crippen molar-refractivity contribution >= 4 is 32.5 Å². The lowest BCUT2D eigenvalue weighted by molar-refractivity contribution is -0.159. The number of aryl methyl sites for hydroxylation is 1. The van der Waals surface area contributed by atoms with Gasteiger partial charge in [-0.25, -0.2) is 6.57 Å². The number of amides is 2. The summed E-state index contributed by atoms with van der Waals surface area (Å²) in [6.07, 6.45) is 0.305. The van der Waals surface area contributed by atoms with Crippen LogP contribution >= 0.6 is 0 Å². The standard InChI is InChI=1S/C18H19N3O2S2/c1-11-6-8-12(9-7-11)13-16(2,19-4)10-18-15(23)20(5)17(3,25(18)24)14(22)21(13)18/h6-9,13H,10H2,1-3,5H3/t13-,16-,17-,18-,25?/m0/s1. The van der Waals surface area contributed by atoms with Gasteiger partial charge in [-0.3, -0.25) is 9.59 Å². The third kappa shape index (κ3) is 1.61. The molecule has 3 fully saturated rings. The predicted octanol–water partition coefficient (Wildman–Crippen LogP) is 1.92. The molecule has 2 bridgehead atoms. The molecule has 1 spiro atoms. The maximum atomic E-state index is 13.4. The van der Waals surface area contributed by atoms with E-state index in [0.29, 0.717) is 6.42 Å². The Labute approximate surface area is 154 Å². The van der Waals surface area contributed by atoms with Gasteiger partial charge in [0.05, 0.1) is 6.42 Å². The van der Waals surface area contributed by atoms with Crippen LogP contribution in [0.4, 0.5) is 0 Å². The highest BCUT2D eigenvalue weighted by molar-refractivity contribution is 8.31. The number of likely N-dealkylation sites (N-methyl/N-ethyl adjacent to an activating group) is 1. The fraction of sp³-hybridized carbons (Fsp3) is 0.500. The van der Waals surface area contributed by atoms with Gasteiger partial charge in [-0.15, -0.1) is 0 Å². The molecule has 2 amide bonds. The van der Waals surface area contributed by atoms with E-state index in [-0.39, 0.29) is 11.8 Å². The van der Waals surface area contributed by atoms with E-state index in [4.69, 9.17) is 17.8 Å². The molecule has 4 rings (SSSR count). The largest absolute Gasteiger partial charge is 0.320 e. The highest BCUT2D eigenvalue weighted by Crippen LogP contribution is 2.63. The number of carbonyl (C=O) groups is 2. The molecule has 3 saturated heterocycles. The third-order valence-corrected chi connectivity index (χ3v) is 10.1. The number of hydrogen-bond acceptors (Lipinski definition) is 3. The number of nitrogens with zero attached hydrogens (tertiary/aromatic N) is 3. The summed E-state index contributed by atoms with van der Waals surface area (Å²) in [6, 6.07) is 7.43. The van der Waals surface area contributed by atoms with Crippen LogP contribution in [0.15, 0.2) is 24.3 Å². The molecule has 5 nitrogen and oxygen atoms in total. The number of rotatable bonds is 1. The Morgan fingerprint density at radius 1 is 1.24 bits per heavy atom. The molecule has 25 heavy (non-hydrogen) atoms. The molecule has 3 aliphatic heterocycles. The van der Waals surface area contributed by atoms with Gasteiger partial charge < -0.3 is 14.6 Å². The third-order valence-electron chi connectivity index (χ3n) is 6.04. The van der Waals surface area contributed by atoms with Crippen molar-refractivity contribution in [2.45, 2.75) is 48.5 Å². The van der Waals surface area contributed by atoms with E-state index < -0.39 is 30.8 Å². The summed E-state index contributed by atoms with van der Waals surface area (Å²) in [7, 11) is 0.772. The van der Waals surface area contributed by atoms with Crippen LogP contribution in [0, 0.1) is 13.5 Å². The van der Waals surface area contributed by atoms with Crippen molar-refractivity contribution in [1.29, 1.82) is 0 Å². The Hall–Kier alpha value is -1.78. The van der Waals surface area contributed by atoms with E-state index in [1.54, 1.807) is 18.9 Å². The molecule has 0 N–H and O–H groups in total. The van der Waals surface area contributed by atoms with Crippen LogP contribution in [-0.4, -0.2) is 43.9 Å². The Balaban J connectivity index is 1.97. The lowest BCUT2D eigenvalue weighted by atomic mass is 9.87. The Morgan fingerprint density at radius 2 is 1.84 bits per heavy atom. The normalized spacial score (nSPS) is 42.0. The molecule has 0 aromatic heterocycles. The van der Waals surface area contributed by atoms with E-state index in [2.05, 4.69) is 4.85 Å². The molecular weight excluding hydrogens is 354 g/mol. The average molecular weight is 374 g/mol. The number of fused-ring (bicyclic) bond motifs is 1. The van der Waals surface area contributed by atoms with Crippen LogP contribution < -0.4 is 0 Å². The van der Waals surface area contributed by atoms with Gasteiger partial charge in [-0.2, -0.15) is 0 Å². The number of carbonyl (C=O) groups excluding carboxylic acids is 2. The van der Waals surface area contributed by atoms with Crippen LogP contribution in [0.2, 0.25) is 0 Å². The van der Waals surface area contributed by atoms with Gasteiger partial charge in [0.15, 0.2) is 9.74 Å². The molecule has 3 aliphatic rings. The first-order chi connectivity index (χ1) is 11.6. The van der Waals surface area contributed by atoms with Gasteiger partial charge in [0, 0.05) is 14.0 Å². The molecule has 0 radical (unpaired) electrons. The van der Waals surface area contributed by atoms with Crippen LogP contribution in [0.3, 0.4) is 0 Å². The van der Waals surface area contributed by atoms with E-state index in [1.807, 2.05) is 38.1 Å². The maximum Gasteiger partial charge on any atom is 0.261 e. The zero-order valence-electron chi connectivity index (χ0n) is 14.6. The minimum absolute atomic E-state index is 0.113. The van der Waals surface area contributed by atoms with Crippen LogP contribution in [-0.2, 0) is 30.2 Å². The van der Waals surface area contributed by atoms with Crippen molar-refractivity contribution in [2.24, 2.45) is 0 Å². The van der Waals surface area contributed by atoms with E-state index in [0.717, 1.165) is 11.1 Å². The van der Waals surface area contributed by atoms with Crippen molar-refractivity contribution in [1.82, 2.24) is 9.80 Å². The van der Waals surface area contributed by atoms with E-state index in [1.165, 1.54) is 4.90 Å². The second-order valence-electron chi connectivity index (χ2n) is 7.53. The molecule has 5 atom stereocenters. The zero-order chi connectivity index (χ0) is 18.4. The summed E-state index contributed by atoms with van der Waals surface area (Å²) < 4.78 is 0. The van der Waals surface area contributed by atoms with Crippen molar-refractivity contribution in [2.75, 3.05) is 7.05 Å². The summed E-state index contributed by atoms with van der Waals surface area (Å²) in [5.74, 6) is -0.233. The summed E-state index contributed by atoms with van der Waals surface area (Å²) in [4.78, 5) is 31.5. The quantitative estimate of drug-likeness (QED) is 0.707. The second-order valence-corrected chi connectivity index (χ2v) is 10.5. The van der Waals surface area contributed by atoms with Crippen molar-refractivity contribution in [3.05, 3.63) is 46.8 Å². The van der Waals surface area contributed by atoms with Crippen molar-refractivity contribution in [3.63, 3.8) is 0 Å². The molecule has 0 aliphatic carbocycles. The maximum absolute atomic E-state index is 13.4. The van der Waals surface area contributed by atoms with Gasteiger partial charge >= 0.3 is 0 Å². The summed E-state index contributed by atoms with van der Waals surface area (Å²) >= 11 is 5.76. The minimum atomic E-state index is -1.05. The number of hydrogen-bond donors (Lipinski definition) is 0. The molecule has 1 aromatic carbocycles. The molecular formula is C18H19N3O2S2. The molecule has 7 heteroatoms. The summed E-state index contributed by atoms with van der Waals surface area (Å²) in [5.41, 5.74) is 1.14. The first-order valence-corrected chi connectivity index (χ1v) is 10.3. The molecule has 1 unspecified atom stereocenters. The molecule has 1 aromatic rings. The van der Waals surface area contributed by atoms with Gasteiger partial charge in [-0.1, -0.05) is 29.8 Å². The monoisotopic (exact) mass is 373 g/mol. The number of benzene rings is 1. The van der Waals surface area contributed by atoms with Gasteiger partial charge in [-0.05, 0) is 40.1 Å². The Bertz CT molecular complexity index is 893. The molecule has 130 valence electrons. The zero-order valence-corrected chi connectivity index (χ0v) is 16.2. The van der Waals surface area contributed by atoms with E-state index in [9.17, 15) is 9.59 Å². The van der Waals surface area contributed by atoms with Crippen molar-refractivity contribution in [3.8, 4) is 0 Å². The Morgan fingerprint density at radius 3 is 2.40 bits per heavy atom. The summed E-state index contributed by atoms with van der Waals surface area (Å²) in [6.45, 7) is 13.4. The molecule has 0 saturated carbocycles. The minimum Gasteiger partial charge on any atom is -0.320 e. The smallest absolute Gasteiger partial charge is 0.261 e. The Kier molecular flexibility index (Phi) is 3.12. The van der Waals surface area contributed by atoms with Gasteiger partial charge in [0.1, 0.15) is 6.04 Å². The van der Waals surface area contributed by atoms with Gasteiger partial charge in [0.2, 0.25) is 0 Å². The van der Waals surface area contributed by atoms with Crippen molar-refractivity contribution < 1.29 is 9.59 Å². The lowest BCUT2D eigenvalue weighted by Crippen LogP contribution is -2.60. The summed E-state index contributed by atoms with van der Waals surface area (Å²) in [5, 5.41) is 0.